The van der Waals surface area contributed by atoms with Gasteiger partial charge in [0.25, 0.3) is 5.91 Å². The maximum Gasteiger partial charge on any atom is 0.405 e. The molecule has 2 bridgehead atoms. The number of carbonyl (C=O) groups excluding carboxylic acids is 4. The second kappa shape index (κ2) is 14.7. The number of ketones is 2. The summed E-state index contributed by atoms with van der Waals surface area (Å²) >= 11 is 0. The van der Waals surface area contributed by atoms with Crippen LogP contribution in [-0.4, -0.2) is 74.4 Å². The Morgan fingerprint density at radius 2 is 1.77 bits per heavy atom. The van der Waals surface area contributed by atoms with Gasteiger partial charge in [0.2, 0.25) is 11.6 Å². The first-order valence-electron chi connectivity index (χ1n) is 13.0. The highest BCUT2D eigenvalue weighted by atomic mass is 16.6. The average molecular weight is 561 g/mol. The van der Waals surface area contributed by atoms with Gasteiger partial charge in [-0.15, -0.1) is 0 Å². The molecule has 0 fully saturated rings. The second-order valence-electron chi connectivity index (χ2n) is 10.1. The fourth-order valence-corrected chi connectivity index (χ4v) is 4.78. The van der Waals surface area contributed by atoms with Crippen LogP contribution >= 0.6 is 0 Å². The van der Waals surface area contributed by atoms with Gasteiger partial charge in [-0.1, -0.05) is 38.2 Å². The highest BCUT2D eigenvalue weighted by Gasteiger charge is 2.34. The van der Waals surface area contributed by atoms with Crippen molar-refractivity contribution >= 4 is 23.6 Å². The van der Waals surface area contributed by atoms with Gasteiger partial charge in [0.1, 0.15) is 6.10 Å². The van der Waals surface area contributed by atoms with Crippen molar-refractivity contribution in [2.45, 2.75) is 65.0 Å². The van der Waals surface area contributed by atoms with Crippen molar-refractivity contribution in [3.05, 3.63) is 58.6 Å². The molecule has 2 rings (SSSR count). The fourth-order valence-electron chi connectivity index (χ4n) is 4.78. The van der Waals surface area contributed by atoms with E-state index in [1.807, 2.05) is 6.92 Å². The van der Waals surface area contributed by atoms with E-state index in [-0.39, 0.29) is 34.9 Å². The van der Waals surface area contributed by atoms with Crippen LogP contribution in [0.4, 0.5) is 4.79 Å². The van der Waals surface area contributed by atoms with Crippen LogP contribution in [0.3, 0.4) is 0 Å². The van der Waals surface area contributed by atoms with Gasteiger partial charge in [0, 0.05) is 37.4 Å². The predicted octanol–water partition coefficient (Wildman–Crippen LogP) is 2.41. The Hall–Kier alpha value is -3.54. The summed E-state index contributed by atoms with van der Waals surface area (Å²) in [5, 5.41) is 13.7. The Bertz CT molecular complexity index is 1150. The molecule has 0 radical (unpaired) electrons. The van der Waals surface area contributed by atoms with E-state index in [1.54, 1.807) is 32.1 Å². The van der Waals surface area contributed by atoms with Crippen LogP contribution < -0.4 is 11.1 Å². The summed E-state index contributed by atoms with van der Waals surface area (Å²) in [6.45, 7) is 6.92. The van der Waals surface area contributed by atoms with E-state index >= 15 is 0 Å². The molecule has 1 aliphatic carbocycles. The van der Waals surface area contributed by atoms with Crippen molar-refractivity contribution in [1.29, 1.82) is 0 Å². The molecule has 0 aromatic carbocycles. The zero-order valence-corrected chi connectivity index (χ0v) is 24.1. The summed E-state index contributed by atoms with van der Waals surface area (Å²) in [5.41, 5.74) is 6.12. The number of hydrogen-bond donors (Lipinski definition) is 3. The van der Waals surface area contributed by atoms with Crippen molar-refractivity contribution in [3.63, 3.8) is 0 Å². The largest absolute Gasteiger partial charge is 0.492 e. The minimum absolute atomic E-state index is 0.0801. The zero-order valence-electron chi connectivity index (χ0n) is 24.1. The summed E-state index contributed by atoms with van der Waals surface area (Å²) in [6, 6.07) is 0. The van der Waals surface area contributed by atoms with Crippen molar-refractivity contribution < 1.29 is 43.2 Å². The zero-order chi connectivity index (χ0) is 30.1. The Labute approximate surface area is 234 Å². The number of carbonyl (C=O) groups is 4. The maximum absolute atomic E-state index is 13.3. The summed E-state index contributed by atoms with van der Waals surface area (Å²) in [4.78, 5) is 50.6. The number of ether oxygens (including phenoxy) is 4. The van der Waals surface area contributed by atoms with Crippen LogP contribution in [0.1, 0.15) is 40.5 Å². The molecule has 2 aliphatic rings. The Morgan fingerprint density at radius 1 is 1.10 bits per heavy atom. The molecule has 4 N–H and O–H groups in total. The quantitative estimate of drug-likeness (QED) is 0.346. The van der Waals surface area contributed by atoms with Gasteiger partial charge >= 0.3 is 6.09 Å². The number of aliphatic hydroxyl groups is 1. The molecule has 2 amide bonds. The first-order chi connectivity index (χ1) is 18.8. The number of methoxy groups -OCH3 is 3. The molecule has 0 spiro atoms. The molecule has 0 aromatic heterocycles. The lowest BCUT2D eigenvalue weighted by atomic mass is 9.85. The van der Waals surface area contributed by atoms with Crippen LogP contribution in [0, 0.1) is 11.8 Å². The van der Waals surface area contributed by atoms with Crippen LogP contribution in [0.2, 0.25) is 0 Å². The molecule has 1 heterocycles. The number of amides is 2. The van der Waals surface area contributed by atoms with E-state index in [0.29, 0.717) is 12.0 Å². The molecule has 220 valence electrons. The molecular formula is C29H40N2O9. The predicted molar refractivity (Wildman–Crippen MR) is 147 cm³/mol. The highest BCUT2D eigenvalue weighted by molar-refractivity contribution is 6.23. The summed E-state index contributed by atoms with van der Waals surface area (Å²) in [5.74, 6) is -2.39. The third kappa shape index (κ3) is 8.23. The molecular weight excluding hydrogens is 520 g/mol. The van der Waals surface area contributed by atoms with Gasteiger partial charge < -0.3 is 35.1 Å². The minimum Gasteiger partial charge on any atom is -0.492 e. The Balaban J connectivity index is 2.60. The van der Waals surface area contributed by atoms with Crippen LogP contribution in [0.5, 0.6) is 0 Å². The lowest BCUT2D eigenvalue weighted by molar-refractivity contribution is -0.120. The fraction of sp³-hybridized carbons (Fsp3) is 0.517. The first-order valence-corrected chi connectivity index (χ1v) is 13.0. The number of rotatable bonds is 4. The van der Waals surface area contributed by atoms with E-state index in [1.165, 1.54) is 34.3 Å². The molecule has 0 saturated carbocycles. The van der Waals surface area contributed by atoms with Crippen molar-refractivity contribution in [1.82, 2.24) is 5.32 Å². The SMILES string of the molecule is COC1=C2C[C@@H](C)C[C@@H](OC)[C@@H](O)[C@H](C)C=C(C)[C@@H](OC(N)=O)[C@H](OC)C=CC=C(C)C(=O)NC(=CC1=O)C2=O. The van der Waals surface area contributed by atoms with E-state index in [0.717, 1.165) is 6.08 Å². The monoisotopic (exact) mass is 560 g/mol. The first kappa shape index (κ1) is 32.7. The van der Waals surface area contributed by atoms with Crippen LogP contribution in [0.25, 0.3) is 0 Å². The third-order valence-corrected chi connectivity index (χ3v) is 6.95. The van der Waals surface area contributed by atoms with Gasteiger partial charge in [0.15, 0.2) is 11.9 Å². The number of nitrogens with one attached hydrogen (secondary N) is 1. The summed E-state index contributed by atoms with van der Waals surface area (Å²) in [6.07, 6.45) is 3.61. The second-order valence-corrected chi connectivity index (χ2v) is 10.1. The highest BCUT2D eigenvalue weighted by Crippen LogP contribution is 2.29. The van der Waals surface area contributed by atoms with Gasteiger partial charge in [-0.25, -0.2) is 4.79 Å². The van der Waals surface area contributed by atoms with Crippen LogP contribution in [0.15, 0.2) is 58.6 Å². The van der Waals surface area contributed by atoms with Crippen LogP contribution in [-0.2, 0) is 33.3 Å². The van der Waals surface area contributed by atoms with Gasteiger partial charge in [0.05, 0.1) is 25.0 Å². The number of fused-ring (bicyclic) bond motifs is 2. The number of allylic oxidation sites excluding steroid dienone is 4. The van der Waals surface area contributed by atoms with E-state index < -0.39 is 53.9 Å². The number of hydrogen-bond acceptors (Lipinski definition) is 9. The summed E-state index contributed by atoms with van der Waals surface area (Å²) in [7, 11) is 4.21. The van der Waals surface area contributed by atoms with Gasteiger partial charge in [-0.2, -0.15) is 0 Å². The lowest BCUT2D eigenvalue weighted by Crippen LogP contribution is -2.37. The van der Waals surface area contributed by atoms with Gasteiger partial charge in [-0.3, -0.25) is 14.4 Å². The van der Waals surface area contributed by atoms with E-state index in [4.69, 9.17) is 24.7 Å². The molecule has 40 heavy (non-hydrogen) atoms. The Morgan fingerprint density at radius 3 is 2.35 bits per heavy atom. The Kier molecular flexibility index (Phi) is 12.0. The van der Waals surface area contributed by atoms with Gasteiger partial charge in [-0.05, 0) is 38.2 Å². The third-order valence-electron chi connectivity index (χ3n) is 6.95. The number of nitrogens with two attached hydrogens (primary N) is 1. The maximum atomic E-state index is 13.3. The number of primary amides is 1. The van der Waals surface area contributed by atoms with Crippen molar-refractivity contribution in [2.75, 3.05) is 21.3 Å². The normalized spacial score (nSPS) is 29.3. The molecule has 0 unspecified atom stereocenters. The molecule has 6 atom stereocenters. The molecule has 1 aliphatic heterocycles. The molecule has 0 saturated heterocycles. The smallest absolute Gasteiger partial charge is 0.405 e. The minimum atomic E-state index is -1.00. The number of Topliss-reactive ketones (excluding diaryl/α,β-unsaturated/α-hetero) is 1. The summed E-state index contributed by atoms with van der Waals surface area (Å²) < 4.78 is 21.7. The topological polar surface area (TPSA) is 163 Å². The molecule has 0 aromatic rings. The van der Waals surface area contributed by atoms with E-state index in [9.17, 15) is 24.3 Å². The standard InChI is InChI=1S/C29H40N2O9/c1-15-11-19-25(34)20(14-21(32)27(19)39-7)31-28(35)16(2)9-8-10-22(37-5)26(40-29(30)36)18(4)13-17(3)24(33)23(12-15)38-6/h8-10,13-15,17,22-24,26,33H,11-12H2,1-7H3,(H2,30,36)(H,31,35)/t15-,17-,22-,23-,24+,26-/m1/s1. The molecule has 11 heteroatoms. The molecule has 11 nitrogen and oxygen atoms in total. The van der Waals surface area contributed by atoms with Crippen molar-refractivity contribution in [3.8, 4) is 0 Å². The van der Waals surface area contributed by atoms with Crippen molar-refractivity contribution in [2.24, 2.45) is 17.6 Å². The average Bonchev–Trinajstić information content (AvgIpc) is 2.90. The number of aliphatic hydroxyl groups excluding tert-OH is 1. The lowest BCUT2D eigenvalue weighted by Gasteiger charge is -2.29. The van der Waals surface area contributed by atoms with E-state index in [2.05, 4.69) is 5.32 Å².